The summed E-state index contributed by atoms with van der Waals surface area (Å²) in [5.74, 6) is 1.91. The molecular weight excluding hydrogens is 433 g/mol. The molecule has 7 nitrogen and oxygen atoms in total. The van der Waals surface area contributed by atoms with Crippen LogP contribution < -0.4 is 16.0 Å². The van der Waals surface area contributed by atoms with Crippen LogP contribution in [0.5, 0.6) is 0 Å². The van der Waals surface area contributed by atoms with Gasteiger partial charge in [-0.15, -0.1) is 24.0 Å². The average Bonchev–Trinajstić information content (AvgIpc) is 3.06. The Labute approximate surface area is 164 Å². The minimum absolute atomic E-state index is 0. The van der Waals surface area contributed by atoms with Crippen LogP contribution >= 0.6 is 24.0 Å². The summed E-state index contributed by atoms with van der Waals surface area (Å²) in [5.41, 5.74) is 0.866. The van der Waals surface area contributed by atoms with E-state index < -0.39 is 0 Å². The second kappa shape index (κ2) is 11.5. The zero-order valence-electron chi connectivity index (χ0n) is 14.4. The van der Waals surface area contributed by atoms with Crippen molar-refractivity contribution in [2.24, 2.45) is 4.99 Å². The zero-order chi connectivity index (χ0) is 17.2. The monoisotopic (exact) mass is 457 g/mol. The molecule has 2 rings (SSSR count). The highest BCUT2D eigenvalue weighted by Gasteiger charge is 2.05. The molecule has 0 saturated carbocycles. The molecule has 2 heterocycles. The number of hydrogen-bond donors (Lipinski definition) is 3. The van der Waals surface area contributed by atoms with Gasteiger partial charge in [0.05, 0.1) is 6.26 Å². The minimum atomic E-state index is -0.0949. The van der Waals surface area contributed by atoms with Crippen LogP contribution in [0.25, 0.3) is 0 Å². The molecule has 0 aliphatic heterocycles. The van der Waals surface area contributed by atoms with Gasteiger partial charge in [0.15, 0.2) is 5.96 Å². The first-order valence-electron chi connectivity index (χ1n) is 7.95. The van der Waals surface area contributed by atoms with Gasteiger partial charge in [0.1, 0.15) is 18.1 Å². The molecule has 0 bridgehead atoms. The van der Waals surface area contributed by atoms with Gasteiger partial charge in [0.25, 0.3) is 0 Å². The summed E-state index contributed by atoms with van der Waals surface area (Å²) in [5, 5.41) is 9.03. The van der Waals surface area contributed by atoms with Gasteiger partial charge in [0.2, 0.25) is 5.91 Å². The Morgan fingerprint density at radius 3 is 2.76 bits per heavy atom. The number of pyridine rings is 1. The molecule has 0 saturated heterocycles. The van der Waals surface area contributed by atoms with Crippen molar-refractivity contribution < 1.29 is 9.21 Å². The molecule has 0 aromatic carbocycles. The fourth-order valence-electron chi connectivity index (χ4n) is 2.01. The molecule has 0 aliphatic rings. The molecule has 0 unspecified atom stereocenters. The van der Waals surface area contributed by atoms with E-state index >= 15 is 0 Å². The number of aryl methyl sites for hydroxylation is 1. The van der Waals surface area contributed by atoms with Gasteiger partial charge in [0, 0.05) is 25.2 Å². The number of anilines is 1. The number of aromatic nitrogens is 1. The number of carbonyl (C=O) groups is 1. The Hall–Kier alpha value is -2.10. The average molecular weight is 457 g/mol. The molecular formula is C17H24IN5O2. The fourth-order valence-corrected chi connectivity index (χ4v) is 2.01. The smallest absolute Gasteiger partial charge is 0.227 e. The van der Waals surface area contributed by atoms with Crippen molar-refractivity contribution in [3.8, 4) is 0 Å². The zero-order valence-corrected chi connectivity index (χ0v) is 16.7. The number of nitrogens with one attached hydrogen (secondary N) is 3. The van der Waals surface area contributed by atoms with Crippen LogP contribution in [0.15, 0.2) is 46.0 Å². The molecule has 0 spiro atoms. The van der Waals surface area contributed by atoms with Crippen LogP contribution in [0.4, 0.5) is 5.82 Å². The lowest BCUT2D eigenvalue weighted by Crippen LogP contribution is -2.38. The van der Waals surface area contributed by atoms with Gasteiger partial charge < -0.3 is 20.4 Å². The number of hydrogen-bond acceptors (Lipinski definition) is 4. The van der Waals surface area contributed by atoms with Crippen LogP contribution in [-0.4, -0.2) is 29.9 Å². The van der Waals surface area contributed by atoms with Crippen molar-refractivity contribution in [2.45, 2.75) is 26.8 Å². The molecule has 0 radical (unpaired) electrons. The number of amides is 1. The third-order valence-corrected chi connectivity index (χ3v) is 3.12. The maximum absolute atomic E-state index is 11.9. The highest BCUT2D eigenvalue weighted by atomic mass is 127. The molecule has 25 heavy (non-hydrogen) atoms. The van der Waals surface area contributed by atoms with Crippen molar-refractivity contribution >= 4 is 41.7 Å². The summed E-state index contributed by atoms with van der Waals surface area (Å²) in [6.07, 6.45) is 1.94. The number of carbonyl (C=O) groups excluding carboxylic acids is 1. The lowest BCUT2D eigenvalue weighted by atomic mass is 10.3. The van der Waals surface area contributed by atoms with E-state index in [1.54, 1.807) is 12.3 Å². The van der Waals surface area contributed by atoms with Gasteiger partial charge in [-0.3, -0.25) is 4.79 Å². The van der Waals surface area contributed by atoms with Crippen molar-refractivity contribution in [1.82, 2.24) is 15.6 Å². The number of rotatable bonds is 7. The van der Waals surface area contributed by atoms with E-state index in [-0.39, 0.29) is 29.9 Å². The second-order valence-corrected chi connectivity index (χ2v) is 5.16. The van der Waals surface area contributed by atoms with Crippen molar-refractivity contribution in [2.75, 3.05) is 18.4 Å². The molecule has 136 valence electrons. The molecule has 8 heteroatoms. The van der Waals surface area contributed by atoms with Crippen LogP contribution in [0, 0.1) is 6.92 Å². The quantitative estimate of drug-likeness (QED) is 0.338. The molecule has 0 fully saturated rings. The number of aliphatic imine (C=N–C) groups is 1. The molecule has 2 aromatic rings. The molecule has 2 aromatic heterocycles. The van der Waals surface area contributed by atoms with E-state index in [1.807, 2.05) is 38.1 Å². The van der Waals surface area contributed by atoms with Crippen molar-refractivity contribution in [3.05, 3.63) is 48.0 Å². The number of furan rings is 1. The summed E-state index contributed by atoms with van der Waals surface area (Å²) in [7, 11) is 0. The van der Waals surface area contributed by atoms with Gasteiger partial charge in [-0.1, -0.05) is 6.07 Å². The summed E-state index contributed by atoms with van der Waals surface area (Å²) < 4.78 is 5.25. The lowest BCUT2D eigenvalue weighted by molar-refractivity contribution is -0.116. The summed E-state index contributed by atoms with van der Waals surface area (Å²) in [6.45, 7) is 5.53. The van der Waals surface area contributed by atoms with Gasteiger partial charge in [-0.2, -0.15) is 0 Å². The van der Waals surface area contributed by atoms with Gasteiger partial charge in [-0.25, -0.2) is 9.98 Å². The molecule has 3 N–H and O–H groups in total. The van der Waals surface area contributed by atoms with Crippen LogP contribution in [0.2, 0.25) is 0 Å². The first-order valence-corrected chi connectivity index (χ1v) is 7.95. The SMILES string of the molecule is CCNC(=NCc1ccco1)NCCC(=O)Nc1cccc(C)n1.I. The molecule has 0 atom stereocenters. The Kier molecular flexibility index (Phi) is 9.60. The van der Waals surface area contributed by atoms with E-state index in [4.69, 9.17) is 4.42 Å². The normalized spacial score (nSPS) is 10.7. The standard InChI is InChI=1S/C17H23N5O2.HI/c1-3-18-17(20-12-14-7-5-11-24-14)19-10-9-16(23)22-15-8-4-6-13(2)21-15;/h4-8,11H,3,9-10,12H2,1-2H3,(H2,18,19,20)(H,21,22,23);1H. The third-order valence-electron chi connectivity index (χ3n) is 3.12. The lowest BCUT2D eigenvalue weighted by Gasteiger charge is -2.11. The maximum atomic E-state index is 11.9. The van der Waals surface area contributed by atoms with Crippen molar-refractivity contribution in [1.29, 1.82) is 0 Å². The van der Waals surface area contributed by atoms with Gasteiger partial charge >= 0.3 is 0 Å². The highest BCUT2D eigenvalue weighted by Crippen LogP contribution is 2.04. The Morgan fingerprint density at radius 1 is 1.24 bits per heavy atom. The number of halogens is 1. The summed E-state index contributed by atoms with van der Waals surface area (Å²) >= 11 is 0. The van der Waals surface area contributed by atoms with Crippen LogP contribution in [0.1, 0.15) is 24.8 Å². The summed E-state index contributed by atoms with van der Waals surface area (Å²) in [6, 6.07) is 9.22. The Bertz CT molecular complexity index is 673. The van der Waals surface area contributed by atoms with Gasteiger partial charge in [-0.05, 0) is 38.1 Å². The Balaban J connectivity index is 0.00000312. The van der Waals surface area contributed by atoms with E-state index in [9.17, 15) is 4.79 Å². The van der Waals surface area contributed by atoms with Crippen LogP contribution in [0.3, 0.4) is 0 Å². The molecule has 0 aliphatic carbocycles. The summed E-state index contributed by atoms with van der Waals surface area (Å²) in [4.78, 5) is 20.6. The van der Waals surface area contributed by atoms with Crippen molar-refractivity contribution in [3.63, 3.8) is 0 Å². The topological polar surface area (TPSA) is 91.5 Å². The maximum Gasteiger partial charge on any atom is 0.227 e. The van der Waals surface area contributed by atoms with E-state index in [0.717, 1.165) is 18.0 Å². The predicted octanol–water partition coefficient (Wildman–Crippen LogP) is 2.68. The Morgan fingerprint density at radius 2 is 2.08 bits per heavy atom. The molecule has 1 amide bonds. The second-order valence-electron chi connectivity index (χ2n) is 5.16. The van der Waals surface area contributed by atoms with E-state index in [2.05, 4.69) is 25.9 Å². The first-order chi connectivity index (χ1) is 11.7. The number of guanidine groups is 1. The van der Waals surface area contributed by atoms with E-state index in [0.29, 0.717) is 31.3 Å². The highest BCUT2D eigenvalue weighted by molar-refractivity contribution is 14.0. The first kappa shape index (κ1) is 20.9. The predicted molar refractivity (Wildman–Crippen MR) is 109 cm³/mol. The third kappa shape index (κ3) is 8.01. The fraction of sp³-hybridized carbons (Fsp3) is 0.353. The van der Waals surface area contributed by atoms with Crippen LogP contribution in [-0.2, 0) is 11.3 Å². The minimum Gasteiger partial charge on any atom is -0.467 e. The van der Waals surface area contributed by atoms with E-state index in [1.165, 1.54) is 0 Å². The largest absolute Gasteiger partial charge is 0.467 e. The number of nitrogens with zero attached hydrogens (tertiary/aromatic N) is 2.